The minimum atomic E-state index is -4.62. The molecule has 0 N–H and O–H groups in total. The van der Waals surface area contributed by atoms with E-state index in [1.165, 1.54) is 23.8 Å². The average molecular weight is 570 g/mol. The van der Waals surface area contributed by atoms with Crippen molar-refractivity contribution < 1.29 is 18.0 Å². The van der Waals surface area contributed by atoms with Crippen LogP contribution in [0.5, 0.6) is 0 Å². The first-order valence-electron chi connectivity index (χ1n) is 14.8. The van der Waals surface area contributed by atoms with Crippen molar-refractivity contribution in [3.8, 4) is 0 Å². The molecule has 6 nitrogen and oxygen atoms in total. The molecule has 1 amide bonds. The fourth-order valence-corrected chi connectivity index (χ4v) is 7.18. The summed E-state index contributed by atoms with van der Waals surface area (Å²) >= 11 is 0. The Bertz CT molecular complexity index is 1190. The van der Waals surface area contributed by atoms with Crippen LogP contribution in [-0.2, 0) is 11.0 Å². The SMILES string of the molecule is C=CC(=O)N(c1ccc(N(C)c2ccncc2)cc1C(F)(F)F)C1CCC2(CC1)CCN(C1CCN(C)CC1)CC2. The molecule has 41 heavy (non-hydrogen) atoms. The Morgan fingerprint density at radius 3 is 2.20 bits per heavy atom. The quantitative estimate of drug-likeness (QED) is 0.371. The predicted molar refractivity (Wildman–Crippen MR) is 157 cm³/mol. The number of nitrogens with zero attached hydrogens (tertiary/aromatic N) is 5. The first-order valence-corrected chi connectivity index (χ1v) is 14.8. The van der Waals surface area contributed by atoms with E-state index in [2.05, 4.69) is 28.4 Å². The van der Waals surface area contributed by atoms with E-state index in [9.17, 15) is 18.0 Å². The molecule has 0 unspecified atom stereocenters. The maximum Gasteiger partial charge on any atom is 0.418 e. The molecule has 2 aliphatic heterocycles. The molecule has 1 aromatic heterocycles. The van der Waals surface area contributed by atoms with E-state index < -0.39 is 17.6 Å². The fourth-order valence-electron chi connectivity index (χ4n) is 7.18. The Morgan fingerprint density at radius 1 is 0.976 bits per heavy atom. The number of anilines is 3. The largest absolute Gasteiger partial charge is 0.418 e. The van der Waals surface area contributed by atoms with Gasteiger partial charge in [0.25, 0.3) is 5.91 Å². The summed E-state index contributed by atoms with van der Waals surface area (Å²) in [5.74, 6) is -0.483. The molecule has 5 rings (SSSR count). The monoisotopic (exact) mass is 569 g/mol. The van der Waals surface area contributed by atoms with E-state index in [4.69, 9.17) is 0 Å². The van der Waals surface area contributed by atoms with Crippen LogP contribution in [0.3, 0.4) is 0 Å². The van der Waals surface area contributed by atoms with Gasteiger partial charge in [-0.15, -0.1) is 0 Å². The van der Waals surface area contributed by atoms with Crippen molar-refractivity contribution in [1.82, 2.24) is 14.8 Å². The lowest BCUT2D eigenvalue weighted by atomic mass is 9.66. The van der Waals surface area contributed by atoms with Crippen molar-refractivity contribution in [3.05, 3.63) is 60.9 Å². The van der Waals surface area contributed by atoms with Gasteiger partial charge in [0.1, 0.15) is 0 Å². The minimum absolute atomic E-state index is 0.0904. The first kappa shape index (κ1) is 29.6. The third-order valence-electron chi connectivity index (χ3n) is 9.84. The second-order valence-electron chi connectivity index (χ2n) is 12.2. The number of aromatic nitrogens is 1. The molecule has 1 aromatic carbocycles. The molecule has 3 aliphatic rings. The van der Waals surface area contributed by atoms with Gasteiger partial charge in [0.15, 0.2) is 0 Å². The van der Waals surface area contributed by atoms with Crippen LogP contribution in [0.2, 0.25) is 0 Å². The molecule has 0 radical (unpaired) electrons. The third-order valence-corrected chi connectivity index (χ3v) is 9.84. The number of hydrogen-bond donors (Lipinski definition) is 0. The minimum Gasteiger partial charge on any atom is -0.345 e. The molecule has 222 valence electrons. The Balaban J connectivity index is 1.32. The lowest BCUT2D eigenvalue weighted by Gasteiger charge is -2.50. The Morgan fingerprint density at radius 2 is 1.61 bits per heavy atom. The number of halogens is 3. The maximum absolute atomic E-state index is 14.5. The third kappa shape index (κ3) is 6.46. The summed E-state index contributed by atoms with van der Waals surface area (Å²) in [7, 11) is 3.91. The molecule has 2 saturated heterocycles. The highest BCUT2D eigenvalue weighted by molar-refractivity contribution is 6.02. The number of pyridine rings is 1. The van der Waals surface area contributed by atoms with Gasteiger partial charge in [-0.1, -0.05) is 6.58 Å². The molecule has 3 heterocycles. The number of amides is 1. The zero-order valence-corrected chi connectivity index (χ0v) is 24.2. The second-order valence-corrected chi connectivity index (χ2v) is 12.2. The van der Waals surface area contributed by atoms with E-state index >= 15 is 0 Å². The summed E-state index contributed by atoms with van der Waals surface area (Å²) in [6, 6.07) is 8.10. The van der Waals surface area contributed by atoms with Crippen molar-refractivity contribution in [3.63, 3.8) is 0 Å². The number of alkyl halides is 3. The van der Waals surface area contributed by atoms with Crippen molar-refractivity contribution >= 4 is 23.0 Å². The fraction of sp³-hybridized carbons (Fsp3) is 0.562. The maximum atomic E-state index is 14.5. The molecule has 0 atom stereocenters. The number of likely N-dealkylation sites (tertiary alicyclic amines) is 2. The standard InChI is InChI=1S/C32H42F3N5O/c1-4-30(41)40(29-6-5-27(23-28(29)32(33,34)35)38(3)24-9-17-36-18-10-24)26-7-13-31(14-8-26)15-21-39(22-16-31)25-11-19-37(2)20-12-25/h4-6,9-10,17-18,23,25-26H,1,7-8,11-16,19-22H2,2-3H3. The van der Waals surface area contributed by atoms with Crippen LogP contribution in [0.15, 0.2) is 55.4 Å². The normalized spacial score (nSPS) is 21.1. The highest BCUT2D eigenvalue weighted by atomic mass is 19.4. The number of rotatable bonds is 6. The number of carbonyl (C=O) groups is 1. The molecular weight excluding hydrogens is 527 g/mol. The topological polar surface area (TPSA) is 42.9 Å². The Hall–Kier alpha value is -2.91. The molecular formula is C32H42F3N5O. The molecule has 3 fully saturated rings. The zero-order valence-electron chi connectivity index (χ0n) is 24.2. The van der Waals surface area contributed by atoms with Crippen LogP contribution in [0.4, 0.5) is 30.2 Å². The Kier molecular flexibility index (Phi) is 8.76. The van der Waals surface area contributed by atoms with Gasteiger partial charge >= 0.3 is 6.18 Å². The van der Waals surface area contributed by atoms with Crippen LogP contribution in [0.25, 0.3) is 0 Å². The summed E-state index contributed by atoms with van der Waals surface area (Å²) in [5.41, 5.74) is 0.437. The second kappa shape index (κ2) is 12.1. The molecule has 1 aliphatic carbocycles. The van der Waals surface area contributed by atoms with E-state index in [1.807, 2.05) is 0 Å². The summed E-state index contributed by atoms with van der Waals surface area (Å²) in [4.78, 5) is 25.3. The van der Waals surface area contributed by atoms with Crippen molar-refractivity contribution in [2.45, 2.75) is 69.6 Å². The molecule has 1 saturated carbocycles. The van der Waals surface area contributed by atoms with E-state index in [1.54, 1.807) is 42.5 Å². The number of carbonyl (C=O) groups excluding carboxylic acids is 1. The van der Waals surface area contributed by atoms with Gasteiger partial charge in [0.05, 0.1) is 11.3 Å². The van der Waals surface area contributed by atoms with Crippen LogP contribution in [0.1, 0.15) is 56.9 Å². The first-order chi connectivity index (χ1) is 19.6. The van der Waals surface area contributed by atoms with Gasteiger partial charge in [-0.2, -0.15) is 13.2 Å². The summed E-state index contributed by atoms with van der Waals surface area (Å²) in [5, 5.41) is 0. The van der Waals surface area contributed by atoms with Crippen LogP contribution >= 0.6 is 0 Å². The number of benzene rings is 1. The average Bonchev–Trinajstić information content (AvgIpc) is 2.99. The zero-order chi connectivity index (χ0) is 29.2. The molecule has 2 aromatic rings. The lowest BCUT2D eigenvalue weighted by Crippen LogP contribution is -2.51. The van der Waals surface area contributed by atoms with E-state index in [0.29, 0.717) is 24.6 Å². The van der Waals surface area contributed by atoms with Gasteiger partial charge in [-0.25, -0.2) is 0 Å². The van der Waals surface area contributed by atoms with Gasteiger partial charge in [0.2, 0.25) is 0 Å². The van der Waals surface area contributed by atoms with Crippen LogP contribution < -0.4 is 9.80 Å². The van der Waals surface area contributed by atoms with E-state index in [0.717, 1.165) is 69.7 Å². The van der Waals surface area contributed by atoms with Gasteiger partial charge in [0, 0.05) is 42.9 Å². The molecule has 1 spiro atoms. The van der Waals surface area contributed by atoms with E-state index in [-0.39, 0.29) is 17.1 Å². The number of piperidine rings is 2. The summed E-state index contributed by atoms with van der Waals surface area (Å²) in [6.45, 7) is 8.13. The highest BCUT2D eigenvalue weighted by Crippen LogP contribution is 2.48. The molecule has 0 bridgehead atoms. The van der Waals surface area contributed by atoms with Crippen LogP contribution in [0, 0.1) is 5.41 Å². The summed E-state index contributed by atoms with van der Waals surface area (Å²) in [6.07, 6.45) is 7.69. The predicted octanol–water partition coefficient (Wildman–Crippen LogP) is 6.51. The number of hydrogen-bond acceptors (Lipinski definition) is 5. The van der Waals surface area contributed by atoms with Gasteiger partial charge in [-0.3, -0.25) is 9.78 Å². The van der Waals surface area contributed by atoms with Crippen LogP contribution in [-0.4, -0.2) is 73.0 Å². The lowest BCUT2D eigenvalue weighted by molar-refractivity contribution is -0.137. The van der Waals surface area contributed by atoms with Crippen molar-refractivity contribution in [2.75, 3.05) is 50.1 Å². The van der Waals surface area contributed by atoms with Gasteiger partial charge in [-0.05, 0) is 126 Å². The Labute approximate surface area is 241 Å². The molecule has 9 heteroatoms. The van der Waals surface area contributed by atoms with Crippen molar-refractivity contribution in [2.24, 2.45) is 5.41 Å². The summed E-state index contributed by atoms with van der Waals surface area (Å²) < 4.78 is 43.5. The van der Waals surface area contributed by atoms with Crippen molar-refractivity contribution in [1.29, 1.82) is 0 Å². The van der Waals surface area contributed by atoms with Gasteiger partial charge < -0.3 is 19.6 Å². The highest BCUT2D eigenvalue weighted by Gasteiger charge is 2.43. The smallest absolute Gasteiger partial charge is 0.345 e.